The molecule has 1 aliphatic heterocycles. The van der Waals surface area contributed by atoms with Crippen LogP contribution in [-0.2, 0) is 9.53 Å². The Morgan fingerprint density at radius 1 is 1.14 bits per heavy atom. The van der Waals surface area contributed by atoms with E-state index in [0.717, 1.165) is 5.57 Å². The van der Waals surface area contributed by atoms with E-state index in [4.69, 9.17) is 4.74 Å². The van der Waals surface area contributed by atoms with Gasteiger partial charge in [-0.05, 0) is 16.4 Å². The van der Waals surface area contributed by atoms with Crippen LogP contribution in [0.1, 0.15) is 41.5 Å². The highest BCUT2D eigenvalue weighted by molar-refractivity contribution is 5.98. The zero-order chi connectivity index (χ0) is 17.0. The molecule has 1 heterocycles. The van der Waals surface area contributed by atoms with Gasteiger partial charge in [0.1, 0.15) is 11.6 Å². The van der Waals surface area contributed by atoms with E-state index >= 15 is 0 Å². The second-order valence-corrected chi connectivity index (χ2v) is 7.75. The highest BCUT2D eigenvalue weighted by Gasteiger charge is 2.28. The third-order valence-corrected chi connectivity index (χ3v) is 3.45. The van der Waals surface area contributed by atoms with E-state index < -0.39 is 0 Å². The van der Waals surface area contributed by atoms with Gasteiger partial charge in [0.05, 0.1) is 13.2 Å². The number of amides is 1. The lowest BCUT2D eigenvalue weighted by Crippen LogP contribution is -2.41. The Morgan fingerprint density at radius 2 is 1.68 bits per heavy atom. The van der Waals surface area contributed by atoms with E-state index in [1.807, 2.05) is 26.8 Å². The summed E-state index contributed by atoms with van der Waals surface area (Å²) in [7, 11) is 0. The van der Waals surface area contributed by atoms with Gasteiger partial charge in [-0.3, -0.25) is 4.79 Å². The van der Waals surface area contributed by atoms with Gasteiger partial charge < -0.3 is 9.64 Å². The number of hydrogen-bond donors (Lipinski definition) is 0. The number of ether oxygens (including phenoxy) is 1. The average molecular weight is 304 g/mol. The molecule has 0 spiro atoms. The molecular formula is C18H28N2O2. The van der Waals surface area contributed by atoms with Gasteiger partial charge in [0.2, 0.25) is 0 Å². The molecule has 0 unspecified atom stereocenters. The van der Waals surface area contributed by atoms with Gasteiger partial charge in [-0.1, -0.05) is 53.7 Å². The average Bonchev–Trinajstić information content (AvgIpc) is 2.41. The second-order valence-electron chi connectivity index (χ2n) is 7.75. The molecule has 0 bridgehead atoms. The molecule has 1 saturated heterocycles. The molecule has 122 valence electrons. The maximum atomic E-state index is 12.7. The second kappa shape index (κ2) is 7.11. The van der Waals surface area contributed by atoms with Gasteiger partial charge in [0.15, 0.2) is 0 Å². The Bertz CT molecular complexity index is 505. The van der Waals surface area contributed by atoms with E-state index in [0.29, 0.717) is 26.3 Å². The van der Waals surface area contributed by atoms with Crippen LogP contribution >= 0.6 is 0 Å². The van der Waals surface area contributed by atoms with Crippen molar-refractivity contribution in [2.24, 2.45) is 10.8 Å². The van der Waals surface area contributed by atoms with Crippen LogP contribution in [0.25, 0.3) is 0 Å². The van der Waals surface area contributed by atoms with E-state index in [1.165, 1.54) is 0 Å². The van der Waals surface area contributed by atoms with Gasteiger partial charge in [0, 0.05) is 13.1 Å². The summed E-state index contributed by atoms with van der Waals surface area (Å²) >= 11 is 0. The van der Waals surface area contributed by atoms with Gasteiger partial charge in [-0.15, -0.1) is 0 Å². The van der Waals surface area contributed by atoms with Crippen molar-refractivity contribution in [3.8, 4) is 6.07 Å². The molecule has 1 amide bonds. The van der Waals surface area contributed by atoms with Gasteiger partial charge >= 0.3 is 0 Å². The topological polar surface area (TPSA) is 53.3 Å². The van der Waals surface area contributed by atoms with Crippen LogP contribution in [-0.4, -0.2) is 37.1 Å². The lowest BCUT2D eigenvalue weighted by Gasteiger charge is -2.29. The summed E-state index contributed by atoms with van der Waals surface area (Å²) in [6, 6.07) is 2.14. The minimum Gasteiger partial charge on any atom is -0.378 e. The monoisotopic (exact) mass is 304 g/mol. The molecule has 0 aromatic heterocycles. The fraction of sp³-hybridized carbons (Fsp3) is 0.667. The highest BCUT2D eigenvalue weighted by atomic mass is 16.5. The SMILES string of the molecule is CC(C)(C)C=CC(=C(C#N)C(=O)N1CCOCC1)C(C)(C)C. The van der Waals surface area contributed by atoms with Crippen molar-refractivity contribution in [3.05, 3.63) is 23.3 Å². The van der Waals surface area contributed by atoms with Crippen molar-refractivity contribution in [1.29, 1.82) is 5.26 Å². The fourth-order valence-electron chi connectivity index (χ4n) is 2.19. The summed E-state index contributed by atoms with van der Waals surface area (Å²) < 4.78 is 5.28. The minimum atomic E-state index is -0.269. The van der Waals surface area contributed by atoms with Crippen LogP contribution in [0.3, 0.4) is 0 Å². The van der Waals surface area contributed by atoms with Crippen LogP contribution in [0, 0.1) is 22.2 Å². The zero-order valence-corrected chi connectivity index (χ0v) is 14.7. The molecule has 0 aromatic rings. The Hall–Kier alpha value is -1.60. The Kier molecular flexibility index (Phi) is 5.96. The summed E-state index contributed by atoms with van der Waals surface area (Å²) in [6.07, 6.45) is 3.99. The minimum absolute atomic E-state index is 0.000915. The van der Waals surface area contributed by atoms with Gasteiger partial charge in [-0.2, -0.15) is 5.26 Å². The molecule has 0 atom stereocenters. The van der Waals surface area contributed by atoms with Crippen molar-refractivity contribution in [1.82, 2.24) is 4.90 Å². The van der Waals surface area contributed by atoms with Crippen LogP contribution in [0.5, 0.6) is 0 Å². The molecule has 4 heteroatoms. The lowest BCUT2D eigenvalue weighted by atomic mass is 9.81. The highest BCUT2D eigenvalue weighted by Crippen LogP contribution is 2.31. The third-order valence-electron chi connectivity index (χ3n) is 3.45. The summed E-state index contributed by atoms with van der Waals surface area (Å²) in [4.78, 5) is 14.4. The number of hydrogen-bond acceptors (Lipinski definition) is 3. The summed E-state index contributed by atoms with van der Waals surface area (Å²) in [5.74, 6) is -0.186. The molecule has 0 radical (unpaired) electrons. The molecule has 0 aliphatic carbocycles. The predicted molar refractivity (Wildman–Crippen MR) is 88.1 cm³/mol. The largest absolute Gasteiger partial charge is 0.378 e. The van der Waals surface area contributed by atoms with Crippen molar-refractivity contribution < 1.29 is 9.53 Å². The number of nitriles is 1. The normalized spacial score (nSPS) is 18.1. The van der Waals surface area contributed by atoms with Gasteiger partial charge in [-0.25, -0.2) is 0 Å². The van der Waals surface area contributed by atoms with Crippen molar-refractivity contribution in [2.45, 2.75) is 41.5 Å². The lowest BCUT2D eigenvalue weighted by molar-refractivity contribution is -0.130. The molecule has 0 saturated carbocycles. The zero-order valence-electron chi connectivity index (χ0n) is 14.7. The van der Waals surface area contributed by atoms with E-state index in [-0.39, 0.29) is 22.3 Å². The maximum absolute atomic E-state index is 12.7. The van der Waals surface area contributed by atoms with Gasteiger partial charge in [0.25, 0.3) is 5.91 Å². The standard InChI is InChI=1S/C18H28N2O2/c1-17(2,3)8-7-15(18(4,5)6)14(13-19)16(21)20-9-11-22-12-10-20/h7-8H,9-12H2,1-6H3. The molecule has 22 heavy (non-hydrogen) atoms. The first-order valence-corrected chi connectivity index (χ1v) is 7.77. The van der Waals surface area contributed by atoms with Crippen molar-refractivity contribution in [3.63, 3.8) is 0 Å². The summed E-state index contributed by atoms with van der Waals surface area (Å²) in [5, 5.41) is 9.57. The molecule has 4 nitrogen and oxygen atoms in total. The fourth-order valence-corrected chi connectivity index (χ4v) is 2.19. The molecular weight excluding hydrogens is 276 g/mol. The quantitative estimate of drug-likeness (QED) is 0.447. The first kappa shape index (κ1) is 18.4. The van der Waals surface area contributed by atoms with Crippen LogP contribution in [0.2, 0.25) is 0 Å². The number of morpholine rings is 1. The molecule has 1 aliphatic rings. The third kappa shape index (κ3) is 5.31. The first-order valence-electron chi connectivity index (χ1n) is 7.77. The number of nitrogens with zero attached hydrogens (tertiary/aromatic N) is 2. The van der Waals surface area contributed by atoms with E-state index in [1.54, 1.807) is 4.90 Å². The number of rotatable bonds is 2. The van der Waals surface area contributed by atoms with Crippen LogP contribution in [0.15, 0.2) is 23.3 Å². The first-order chi connectivity index (χ1) is 10.1. The Balaban J connectivity index is 3.24. The van der Waals surface area contributed by atoms with Crippen LogP contribution in [0.4, 0.5) is 0 Å². The number of carbonyl (C=O) groups is 1. The van der Waals surface area contributed by atoms with Crippen molar-refractivity contribution >= 4 is 5.91 Å². The summed E-state index contributed by atoms with van der Waals surface area (Å²) in [6.45, 7) is 14.5. The van der Waals surface area contributed by atoms with E-state index in [9.17, 15) is 10.1 Å². The van der Waals surface area contributed by atoms with Crippen LogP contribution < -0.4 is 0 Å². The van der Waals surface area contributed by atoms with E-state index in [2.05, 4.69) is 32.9 Å². The molecule has 0 aromatic carbocycles. The summed E-state index contributed by atoms with van der Waals surface area (Å²) in [5.41, 5.74) is 0.768. The van der Waals surface area contributed by atoms with Crippen molar-refractivity contribution in [2.75, 3.05) is 26.3 Å². The number of carbonyl (C=O) groups excluding carboxylic acids is 1. The molecule has 0 N–H and O–H groups in total. The maximum Gasteiger partial charge on any atom is 0.264 e. The smallest absolute Gasteiger partial charge is 0.264 e. The Morgan fingerprint density at radius 3 is 2.09 bits per heavy atom. The predicted octanol–water partition coefficient (Wildman–Crippen LogP) is 3.31. The molecule has 1 rings (SSSR count). The number of allylic oxidation sites excluding steroid dienone is 3. The Labute approximate surface area is 134 Å². The molecule has 1 fully saturated rings.